The third kappa shape index (κ3) is 4.71. The topological polar surface area (TPSA) is 56.5 Å². The highest BCUT2D eigenvalue weighted by atomic mass is 16.5. The molecule has 19 heavy (non-hydrogen) atoms. The Labute approximate surface area is 118 Å². The quantitative estimate of drug-likeness (QED) is 0.474. The smallest absolute Gasteiger partial charge is 0.0842 e. The number of hydrazine groups is 1. The standard InChI is InChI=1S/C15H32N2O2/c1-4-15(5-2,19-6-3)14(17-16)11-7-9-13-10-8-12-18-13/h13-14,17H,4-12,16H2,1-3H3. The Morgan fingerprint density at radius 2 is 2.11 bits per heavy atom. The maximum Gasteiger partial charge on any atom is 0.0842 e. The molecule has 1 saturated heterocycles. The molecular formula is C15H32N2O2. The van der Waals surface area contributed by atoms with Crippen LogP contribution in [0.3, 0.4) is 0 Å². The van der Waals surface area contributed by atoms with E-state index in [1.807, 2.05) is 0 Å². The first-order valence-corrected chi connectivity index (χ1v) is 7.94. The van der Waals surface area contributed by atoms with Gasteiger partial charge in [0.05, 0.1) is 17.7 Å². The van der Waals surface area contributed by atoms with Gasteiger partial charge in [0, 0.05) is 13.2 Å². The molecule has 0 aromatic heterocycles. The van der Waals surface area contributed by atoms with E-state index in [0.717, 1.165) is 45.3 Å². The minimum absolute atomic E-state index is 0.125. The van der Waals surface area contributed by atoms with Crippen LogP contribution in [0.15, 0.2) is 0 Å². The first-order valence-electron chi connectivity index (χ1n) is 7.94. The van der Waals surface area contributed by atoms with Gasteiger partial charge >= 0.3 is 0 Å². The van der Waals surface area contributed by atoms with Gasteiger partial charge in [0.25, 0.3) is 0 Å². The average Bonchev–Trinajstić information content (AvgIpc) is 2.95. The lowest BCUT2D eigenvalue weighted by Gasteiger charge is -2.39. The predicted molar refractivity (Wildman–Crippen MR) is 78.9 cm³/mol. The molecule has 0 amide bonds. The molecule has 0 aromatic carbocycles. The van der Waals surface area contributed by atoms with Gasteiger partial charge in [0.15, 0.2) is 0 Å². The van der Waals surface area contributed by atoms with Crippen molar-refractivity contribution in [3.63, 3.8) is 0 Å². The van der Waals surface area contributed by atoms with E-state index in [9.17, 15) is 0 Å². The number of hydrogen-bond donors (Lipinski definition) is 2. The molecule has 0 spiro atoms. The van der Waals surface area contributed by atoms with E-state index < -0.39 is 0 Å². The highest BCUT2D eigenvalue weighted by Gasteiger charge is 2.35. The zero-order valence-corrected chi connectivity index (χ0v) is 12.9. The van der Waals surface area contributed by atoms with E-state index in [4.69, 9.17) is 15.3 Å². The molecule has 0 aliphatic carbocycles. The van der Waals surface area contributed by atoms with Gasteiger partial charge in [-0.05, 0) is 51.9 Å². The summed E-state index contributed by atoms with van der Waals surface area (Å²) in [6, 6.07) is 0.226. The molecule has 3 N–H and O–H groups in total. The highest BCUT2D eigenvalue weighted by Crippen LogP contribution is 2.28. The van der Waals surface area contributed by atoms with E-state index in [0.29, 0.717) is 6.10 Å². The molecule has 0 radical (unpaired) electrons. The summed E-state index contributed by atoms with van der Waals surface area (Å²) in [6.07, 6.45) is 8.25. The van der Waals surface area contributed by atoms with E-state index in [1.165, 1.54) is 12.8 Å². The fourth-order valence-electron chi connectivity index (χ4n) is 3.25. The lowest BCUT2D eigenvalue weighted by atomic mass is 9.85. The molecule has 0 saturated carbocycles. The van der Waals surface area contributed by atoms with E-state index in [-0.39, 0.29) is 11.6 Å². The lowest BCUT2D eigenvalue weighted by Crippen LogP contribution is -2.54. The molecule has 0 aromatic rings. The van der Waals surface area contributed by atoms with Gasteiger partial charge in [-0.1, -0.05) is 13.8 Å². The summed E-state index contributed by atoms with van der Waals surface area (Å²) in [6.45, 7) is 8.11. The van der Waals surface area contributed by atoms with E-state index in [2.05, 4.69) is 26.2 Å². The van der Waals surface area contributed by atoms with Gasteiger partial charge < -0.3 is 9.47 Å². The minimum Gasteiger partial charge on any atom is -0.378 e. The molecule has 1 aliphatic heterocycles. The van der Waals surface area contributed by atoms with Crippen LogP contribution in [0.4, 0.5) is 0 Å². The molecule has 2 atom stereocenters. The molecule has 1 rings (SSSR count). The summed E-state index contributed by atoms with van der Waals surface area (Å²) in [4.78, 5) is 0. The molecular weight excluding hydrogens is 240 g/mol. The Hall–Kier alpha value is -0.160. The van der Waals surface area contributed by atoms with Crippen molar-refractivity contribution in [2.75, 3.05) is 13.2 Å². The second-order valence-electron chi connectivity index (χ2n) is 5.49. The zero-order valence-electron chi connectivity index (χ0n) is 12.9. The van der Waals surface area contributed by atoms with Crippen molar-refractivity contribution >= 4 is 0 Å². The summed E-state index contributed by atoms with van der Waals surface area (Å²) in [5.41, 5.74) is 2.86. The van der Waals surface area contributed by atoms with Crippen molar-refractivity contribution in [2.45, 2.75) is 83.5 Å². The highest BCUT2D eigenvalue weighted by molar-refractivity contribution is 4.90. The fraction of sp³-hybridized carbons (Fsp3) is 1.00. The molecule has 4 nitrogen and oxygen atoms in total. The van der Waals surface area contributed by atoms with Crippen molar-refractivity contribution in [3.8, 4) is 0 Å². The summed E-state index contributed by atoms with van der Waals surface area (Å²) in [5, 5.41) is 0. The van der Waals surface area contributed by atoms with Gasteiger partial charge in [0.1, 0.15) is 0 Å². The number of ether oxygens (including phenoxy) is 2. The van der Waals surface area contributed by atoms with Gasteiger partial charge in [-0.25, -0.2) is 0 Å². The van der Waals surface area contributed by atoms with Crippen LogP contribution in [0, 0.1) is 0 Å². The normalized spacial score (nSPS) is 21.8. The Balaban J connectivity index is 2.44. The third-order valence-corrected chi connectivity index (χ3v) is 4.51. The number of nitrogens with one attached hydrogen (secondary N) is 1. The van der Waals surface area contributed by atoms with Gasteiger partial charge in [-0.15, -0.1) is 0 Å². The van der Waals surface area contributed by atoms with Crippen LogP contribution in [0.2, 0.25) is 0 Å². The van der Waals surface area contributed by atoms with E-state index in [1.54, 1.807) is 0 Å². The SMILES string of the molecule is CCOC(CC)(CC)C(CCCC1CCCO1)NN. The van der Waals surface area contributed by atoms with Gasteiger partial charge in [0.2, 0.25) is 0 Å². The van der Waals surface area contributed by atoms with Crippen LogP contribution in [0.25, 0.3) is 0 Å². The van der Waals surface area contributed by atoms with Crippen molar-refractivity contribution < 1.29 is 9.47 Å². The molecule has 1 aliphatic rings. The van der Waals surface area contributed by atoms with Gasteiger partial charge in [-0.3, -0.25) is 11.3 Å². The maximum absolute atomic E-state index is 6.03. The molecule has 114 valence electrons. The zero-order chi connectivity index (χ0) is 14.1. The van der Waals surface area contributed by atoms with Crippen LogP contribution in [-0.2, 0) is 9.47 Å². The number of hydrogen-bond acceptors (Lipinski definition) is 4. The van der Waals surface area contributed by atoms with Crippen LogP contribution in [-0.4, -0.2) is 31.0 Å². The van der Waals surface area contributed by atoms with Crippen molar-refractivity contribution in [2.24, 2.45) is 5.84 Å². The molecule has 0 bridgehead atoms. The summed E-state index contributed by atoms with van der Waals surface area (Å²) < 4.78 is 11.7. The molecule has 2 unspecified atom stereocenters. The maximum atomic E-state index is 6.03. The summed E-state index contributed by atoms with van der Waals surface area (Å²) in [7, 11) is 0. The minimum atomic E-state index is -0.125. The molecule has 1 heterocycles. The van der Waals surface area contributed by atoms with Crippen LogP contribution in [0.5, 0.6) is 0 Å². The second kappa shape index (κ2) is 8.90. The average molecular weight is 272 g/mol. The number of rotatable bonds is 10. The van der Waals surface area contributed by atoms with E-state index >= 15 is 0 Å². The monoisotopic (exact) mass is 272 g/mol. The Bertz CT molecular complexity index is 226. The lowest BCUT2D eigenvalue weighted by molar-refractivity contribution is -0.0747. The fourth-order valence-corrected chi connectivity index (χ4v) is 3.25. The first kappa shape index (κ1) is 16.9. The molecule has 4 heteroatoms. The second-order valence-corrected chi connectivity index (χ2v) is 5.49. The summed E-state index contributed by atoms with van der Waals surface area (Å²) in [5.74, 6) is 5.77. The van der Waals surface area contributed by atoms with Crippen molar-refractivity contribution in [3.05, 3.63) is 0 Å². The largest absolute Gasteiger partial charge is 0.378 e. The Kier molecular flexibility index (Phi) is 7.91. The van der Waals surface area contributed by atoms with Crippen LogP contribution < -0.4 is 11.3 Å². The van der Waals surface area contributed by atoms with Crippen molar-refractivity contribution in [1.82, 2.24) is 5.43 Å². The predicted octanol–water partition coefficient (Wildman–Crippen LogP) is 2.76. The van der Waals surface area contributed by atoms with Crippen LogP contribution in [0.1, 0.15) is 65.7 Å². The number of nitrogens with two attached hydrogens (primary N) is 1. The van der Waals surface area contributed by atoms with Crippen LogP contribution >= 0.6 is 0 Å². The Morgan fingerprint density at radius 1 is 1.37 bits per heavy atom. The summed E-state index contributed by atoms with van der Waals surface area (Å²) >= 11 is 0. The Morgan fingerprint density at radius 3 is 2.58 bits per heavy atom. The molecule has 1 fully saturated rings. The first-order chi connectivity index (χ1) is 9.22. The third-order valence-electron chi connectivity index (χ3n) is 4.51. The van der Waals surface area contributed by atoms with Gasteiger partial charge in [-0.2, -0.15) is 0 Å². The van der Waals surface area contributed by atoms with Crippen molar-refractivity contribution in [1.29, 1.82) is 0 Å².